The Morgan fingerprint density at radius 3 is 2.76 bits per heavy atom. The van der Waals surface area contributed by atoms with Crippen LogP contribution in [0.15, 0.2) is 29.8 Å². The molecule has 2 aromatic rings. The van der Waals surface area contributed by atoms with Crippen LogP contribution in [-0.4, -0.2) is 11.5 Å². The van der Waals surface area contributed by atoms with E-state index in [1.807, 2.05) is 0 Å². The lowest BCUT2D eigenvalue weighted by atomic mass is 10.1. The molecule has 4 heteroatoms. The molecule has 0 amide bonds. The number of hydrogen-bond donors (Lipinski definition) is 1. The molecule has 2 nitrogen and oxygen atoms in total. The van der Waals surface area contributed by atoms with E-state index in [1.54, 1.807) is 17.4 Å². The van der Waals surface area contributed by atoms with E-state index < -0.39 is 0 Å². The van der Waals surface area contributed by atoms with Gasteiger partial charge >= 0.3 is 0 Å². The van der Waals surface area contributed by atoms with Crippen molar-refractivity contribution in [3.63, 3.8) is 0 Å². The second-order valence-corrected chi connectivity index (χ2v) is 4.81. The predicted molar refractivity (Wildman–Crippen MR) is 68.8 cm³/mol. The van der Waals surface area contributed by atoms with Gasteiger partial charge < -0.3 is 5.32 Å². The van der Waals surface area contributed by atoms with Crippen LogP contribution in [0, 0.1) is 12.7 Å². The first-order valence-corrected chi connectivity index (χ1v) is 6.49. The number of thiophene rings is 1. The highest BCUT2D eigenvalue weighted by atomic mass is 32.1. The minimum Gasteiger partial charge on any atom is -0.305 e. The molecule has 17 heavy (non-hydrogen) atoms. The Hall–Kier alpha value is -1.26. The lowest BCUT2D eigenvalue weighted by Crippen LogP contribution is -2.22. The molecule has 2 aromatic heterocycles. The molecule has 0 aromatic carbocycles. The van der Waals surface area contributed by atoms with Gasteiger partial charge in [-0.1, -0.05) is 6.92 Å². The maximum atomic E-state index is 12.9. The molecule has 0 fully saturated rings. The van der Waals surface area contributed by atoms with Gasteiger partial charge in [0.2, 0.25) is 0 Å². The van der Waals surface area contributed by atoms with E-state index in [0.717, 1.165) is 12.2 Å². The van der Waals surface area contributed by atoms with Crippen LogP contribution in [0.3, 0.4) is 0 Å². The number of aryl methyl sites for hydroxylation is 1. The van der Waals surface area contributed by atoms with Crippen LogP contribution in [0.5, 0.6) is 0 Å². The standard InChI is InChI=1S/C13H15FN2S/c1-3-15-12(13-9(2)6-7-17-13)11-5-4-10(14)8-16-11/h4-8,12,15H,3H2,1-2H3. The summed E-state index contributed by atoms with van der Waals surface area (Å²) in [6, 6.07) is 5.34. The van der Waals surface area contributed by atoms with E-state index in [-0.39, 0.29) is 11.9 Å². The number of hydrogen-bond acceptors (Lipinski definition) is 3. The van der Waals surface area contributed by atoms with Gasteiger partial charge in [-0.15, -0.1) is 11.3 Å². The molecule has 2 rings (SSSR count). The molecule has 0 aliphatic rings. The first-order valence-electron chi connectivity index (χ1n) is 5.61. The molecule has 2 heterocycles. The third kappa shape index (κ3) is 2.70. The second kappa shape index (κ2) is 5.38. The van der Waals surface area contributed by atoms with Crippen molar-refractivity contribution in [2.75, 3.05) is 6.54 Å². The third-order valence-electron chi connectivity index (χ3n) is 2.62. The summed E-state index contributed by atoms with van der Waals surface area (Å²) in [7, 11) is 0. The molecule has 0 aliphatic carbocycles. The smallest absolute Gasteiger partial charge is 0.141 e. The van der Waals surface area contributed by atoms with Crippen molar-refractivity contribution in [3.8, 4) is 0 Å². The zero-order valence-corrected chi connectivity index (χ0v) is 10.7. The second-order valence-electron chi connectivity index (χ2n) is 3.86. The van der Waals surface area contributed by atoms with Crippen LogP contribution in [0.1, 0.15) is 29.1 Å². The van der Waals surface area contributed by atoms with Gasteiger partial charge in [0, 0.05) is 4.88 Å². The Bertz CT molecular complexity index is 478. The third-order valence-corrected chi connectivity index (χ3v) is 3.70. The Kier molecular flexibility index (Phi) is 3.86. The number of aromatic nitrogens is 1. The summed E-state index contributed by atoms with van der Waals surface area (Å²) in [4.78, 5) is 5.41. The monoisotopic (exact) mass is 250 g/mol. The fraction of sp³-hybridized carbons (Fsp3) is 0.308. The zero-order valence-electron chi connectivity index (χ0n) is 9.90. The number of rotatable bonds is 4. The normalized spacial score (nSPS) is 12.6. The average molecular weight is 250 g/mol. The van der Waals surface area contributed by atoms with Gasteiger partial charge in [-0.05, 0) is 42.6 Å². The number of nitrogens with one attached hydrogen (secondary N) is 1. The molecule has 1 N–H and O–H groups in total. The molecular weight excluding hydrogens is 235 g/mol. The molecule has 0 aliphatic heterocycles. The first-order chi connectivity index (χ1) is 8.22. The summed E-state index contributed by atoms with van der Waals surface area (Å²) in [5, 5.41) is 5.46. The van der Waals surface area contributed by atoms with Crippen LogP contribution >= 0.6 is 11.3 Å². The van der Waals surface area contributed by atoms with Gasteiger partial charge in [-0.25, -0.2) is 4.39 Å². The fourth-order valence-corrected chi connectivity index (χ4v) is 2.79. The molecular formula is C13H15FN2S. The van der Waals surface area contributed by atoms with E-state index in [0.29, 0.717) is 0 Å². The van der Waals surface area contributed by atoms with E-state index in [1.165, 1.54) is 22.7 Å². The summed E-state index contributed by atoms with van der Waals surface area (Å²) in [6.07, 6.45) is 1.27. The van der Waals surface area contributed by atoms with Crippen LogP contribution in [-0.2, 0) is 0 Å². The highest BCUT2D eigenvalue weighted by Gasteiger charge is 2.17. The van der Waals surface area contributed by atoms with Crippen molar-refractivity contribution in [1.29, 1.82) is 0 Å². The summed E-state index contributed by atoms with van der Waals surface area (Å²) < 4.78 is 12.9. The molecule has 0 spiro atoms. The summed E-state index contributed by atoms with van der Waals surface area (Å²) in [6.45, 7) is 4.99. The number of nitrogens with zero attached hydrogens (tertiary/aromatic N) is 1. The van der Waals surface area contributed by atoms with Crippen LogP contribution in [0.2, 0.25) is 0 Å². The average Bonchev–Trinajstić information content (AvgIpc) is 2.74. The fourth-order valence-electron chi connectivity index (χ4n) is 1.77. The first kappa shape index (κ1) is 12.2. The largest absolute Gasteiger partial charge is 0.305 e. The van der Waals surface area contributed by atoms with Crippen LogP contribution < -0.4 is 5.32 Å². The van der Waals surface area contributed by atoms with E-state index >= 15 is 0 Å². The lowest BCUT2D eigenvalue weighted by Gasteiger charge is -2.17. The van der Waals surface area contributed by atoms with Crippen molar-refractivity contribution >= 4 is 11.3 Å². The maximum absolute atomic E-state index is 12.9. The molecule has 0 radical (unpaired) electrons. The topological polar surface area (TPSA) is 24.9 Å². The Morgan fingerprint density at radius 2 is 2.24 bits per heavy atom. The van der Waals surface area contributed by atoms with Crippen molar-refractivity contribution in [3.05, 3.63) is 51.7 Å². The van der Waals surface area contributed by atoms with Crippen molar-refractivity contribution in [2.24, 2.45) is 0 Å². The Morgan fingerprint density at radius 1 is 1.41 bits per heavy atom. The lowest BCUT2D eigenvalue weighted by molar-refractivity contribution is 0.598. The Balaban J connectivity index is 2.35. The minimum atomic E-state index is -0.299. The summed E-state index contributed by atoms with van der Waals surface area (Å²) >= 11 is 1.70. The summed E-state index contributed by atoms with van der Waals surface area (Å²) in [5.74, 6) is -0.299. The highest BCUT2D eigenvalue weighted by molar-refractivity contribution is 7.10. The predicted octanol–water partition coefficient (Wildman–Crippen LogP) is 3.29. The van der Waals surface area contributed by atoms with Gasteiger partial charge in [0.25, 0.3) is 0 Å². The Labute approximate surface area is 105 Å². The van der Waals surface area contributed by atoms with E-state index in [4.69, 9.17) is 0 Å². The van der Waals surface area contributed by atoms with Gasteiger partial charge in [-0.2, -0.15) is 0 Å². The molecule has 0 saturated heterocycles. The number of pyridine rings is 1. The molecule has 0 bridgehead atoms. The van der Waals surface area contributed by atoms with Gasteiger partial charge in [0.05, 0.1) is 17.9 Å². The number of halogens is 1. The summed E-state index contributed by atoms with van der Waals surface area (Å²) in [5.41, 5.74) is 2.10. The van der Waals surface area contributed by atoms with Crippen molar-refractivity contribution in [2.45, 2.75) is 19.9 Å². The molecule has 90 valence electrons. The van der Waals surface area contributed by atoms with Crippen molar-refractivity contribution < 1.29 is 4.39 Å². The molecule has 1 atom stereocenters. The quantitative estimate of drug-likeness (QED) is 0.900. The zero-order chi connectivity index (χ0) is 12.3. The van der Waals surface area contributed by atoms with Gasteiger partial charge in [0.1, 0.15) is 5.82 Å². The minimum absolute atomic E-state index is 0.0561. The van der Waals surface area contributed by atoms with E-state index in [9.17, 15) is 4.39 Å². The van der Waals surface area contributed by atoms with Gasteiger partial charge in [-0.3, -0.25) is 4.98 Å². The van der Waals surface area contributed by atoms with Gasteiger partial charge in [0.15, 0.2) is 0 Å². The van der Waals surface area contributed by atoms with Crippen molar-refractivity contribution in [1.82, 2.24) is 10.3 Å². The van der Waals surface area contributed by atoms with Crippen LogP contribution in [0.25, 0.3) is 0 Å². The molecule has 1 unspecified atom stereocenters. The maximum Gasteiger partial charge on any atom is 0.141 e. The molecule has 0 saturated carbocycles. The van der Waals surface area contributed by atoms with E-state index in [2.05, 4.69) is 35.6 Å². The van der Waals surface area contributed by atoms with Crippen LogP contribution in [0.4, 0.5) is 4.39 Å². The SMILES string of the molecule is CCNC(c1ccc(F)cn1)c1sccc1C. The highest BCUT2D eigenvalue weighted by Crippen LogP contribution is 2.28.